The van der Waals surface area contributed by atoms with E-state index in [-0.39, 0.29) is 6.04 Å². The van der Waals surface area contributed by atoms with Gasteiger partial charge >= 0.3 is 0 Å². The van der Waals surface area contributed by atoms with Gasteiger partial charge in [-0.3, -0.25) is 5.84 Å². The van der Waals surface area contributed by atoms with E-state index in [9.17, 15) is 0 Å². The van der Waals surface area contributed by atoms with Crippen LogP contribution in [0.4, 0.5) is 0 Å². The van der Waals surface area contributed by atoms with Gasteiger partial charge in [-0.2, -0.15) is 0 Å². The summed E-state index contributed by atoms with van der Waals surface area (Å²) in [5.41, 5.74) is 4.74. The van der Waals surface area contributed by atoms with Crippen molar-refractivity contribution in [3.63, 3.8) is 0 Å². The molecule has 2 rings (SSSR count). The molecule has 0 saturated heterocycles. The van der Waals surface area contributed by atoms with Crippen LogP contribution >= 0.6 is 27.5 Å². The molecule has 2 aromatic rings. The van der Waals surface area contributed by atoms with E-state index in [2.05, 4.69) is 21.4 Å². The van der Waals surface area contributed by atoms with Gasteiger partial charge in [-0.15, -0.1) is 0 Å². The highest BCUT2D eigenvalue weighted by Crippen LogP contribution is 2.32. The Hall–Kier alpha value is -1.07. The normalized spacial score (nSPS) is 12.2. The second kappa shape index (κ2) is 6.39. The molecule has 1 atom stereocenters. The van der Waals surface area contributed by atoms with Crippen LogP contribution in [-0.2, 0) is 0 Å². The molecular weight excluding hydrogens is 328 g/mol. The minimum absolute atomic E-state index is 0.179. The standard InChI is InChI=1S/C14H14BrClN2O/c1-19-13-5-3-2-4-10(13)14(18-17)9-6-7-11(15)12(16)8-9/h2-8,14,18H,17H2,1H3. The number of methoxy groups -OCH3 is 1. The van der Waals surface area contributed by atoms with Crippen LogP contribution in [0.25, 0.3) is 0 Å². The fourth-order valence-electron chi connectivity index (χ4n) is 1.96. The average Bonchev–Trinajstić information content (AvgIpc) is 2.44. The number of rotatable bonds is 4. The summed E-state index contributed by atoms with van der Waals surface area (Å²) in [5.74, 6) is 6.47. The summed E-state index contributed by atoms with van der Waals surface area (Å²) in [6, 6.07) is 13.3. The van der Waals surface area contributed by atoms with Crippen LogP contribution in [-0.4, -0.2) is 7.11 Å². The molecule has 0 radical (unpaired) electrons. The first kappa shape index (κ1) is 14.3. The summed E-state index contributed by atoms with van der Waals surface area (Å²) in [5, 5.41) is 0.646. The highest BCUT2D eigenvalue weighted by molar-refractivity contribution is 9.10. The zero-order valence-corrected chi connectivity index (χ0v) is 12.7. The number of para-hydroxylation sites is 1. The summed E-state index contributed by atoms with van der Waals surface area (Å²) < 4.78 is 6.22. The lowest BCUT2D eigenvalue weighted by atomic mass is 9.98. The van der Waals surface area contributed by atoms with Crippen molar-refractivity contribution in [2.75, 3.05) is 7.11 Å². The summed E-state index contributed by atoms with van der Waals surface area (Å²) in [6.07, 6.45) is 0. The zero-order valence-electron chi connectivity index (χ0n) is 10.4. The molecule has 0 fully saturated rings. The van der Waals surface area contributed by atoms with Crippen molar-refractivity contribution in [2.45, 2.75) is 6.04 Å². The molecule has 100 valence electrons. The Morgan fingerprint density at radius 2 is 2.00 bits per heavy atom. The lowest BCUT2D eigenvalue weighted by molar-refractivity contribution is 0.404. The smallest absolute Gasteiger partial charge is 0.124 e. The molecule has 0 spiro atoms. The molecule has 19 heavy (non-hydrogen) atoms. The molecular formula is C14H14BrClN2O. The topological polar surface area (TPSA) is 47.3 Å². The van der Waals surface area contributed by atoms with Gasteiger partial charge in [0.25, 0.3) is 0 Å². The number of hydrogen-bond acceptors (Lipinski definition) is 3. The number of halogens is 2. The van der Waals surface area contributed by atoms with E-state index in [4.69, 9.17) is 22.2 Å². The Morgan fingerprint density at radius 1 is 1.26 bits per heavy atom. The number of hydrazine groups is 1. The lowest BCUT2D eigenvalue weighted by Crippen LogP contribution is -2.29. The molecule has 0 aliphatic carbocycles. The third-order valence-corrected chi connectivity index (χ3v) is 4.13. The Morgan fingerprint density at radius 3 is 2.63 bits per heavy atom. The molecule has 0 aliphatic rings. The first-order valence-electron chi connectivity index (χ1n) is 5.71. The fourth-order valence-corrected chi connectivity index (χ4v) is 2.40. The third-order valence-electron chi connectivity index (χ3n) is 2.89. The molecule has 0 heterocycles. The van der Waals surface area contributed by atoms with E-state index in [1.807, 2.05) is 42.5 Å². The van der Waals surface area contributed by atoms with Crippen LogP contribution in [0.2, 0.25) is 5.02 Å². The summed E-state index contributed by atoms with van der Waals surface area (Å²) in [7, 11) is 1.64. The van der Waals surface area contributed by atoms with E-state index in [0.717, 1.165) is 21.3 Å². The molecule has 1 unspecified atom stereocenters. The van der Waals surface area contributed by atoms with Gasteiger partial charge in [0, 0.05) is 10.0 Å². The monoisotopic (exact) mass is 340 g/mol. The average molecular weight is 342 g/mol. The molecule has 0 bridgehead atoms. The largest absolute Gasteiger partial charge is 0.496 e. The van der Waals surface area contributed by atoms with Crippen molar-refractivity contribution in [2.24, 2.45) is 5.84 Å². The van der Waals surface area contributed by atoms with Crippen molar-refractivity contribution >= 4 is 27.5 Å². The predicted octanol–water partition coefficient (Wildman–Crippen LogP) is 3.66. The molecule has 3 nitrogen and oxygen atoms in total. The maximum absolute atomic E-state index is 6.13. The van der Waals surface area contributed by atoms with E-state index in [0.29, 0.717) is 5.02 Å². The van der Waals surface area contributed by atoms with Crippen LogP contribution in [0.5, 0.6) is 5.75 Å². The highest BCUT2D eigenvalue weighted by atomic mass is 79.9. The van der Waals surface area contributed by atoms with Crippen LogP contribution in [0.3, 0.4) is 0 Å². The molecule has 3 N–H and O–H groups in total. The second-order valence-electron chi connectivity index (χ2n) is 4.02. The minimum Gasteiger partial charge on any atom is -0.496 e. The van der Waals surface area contributed by atoms with Crippen molar-refractivity contribution in [1.29, 1.82) is 0 Å². The number of benzene rings is 2. The third kappa shape index (κ3) is 3.09. The van der Waals surface area contributed by atoms with Crippen molar-refractivity contribution in [3.8, 4) is 5.75 Å². The SMILES string of the molecule is COc1ccccc1C(NN)c1ccc(Br)c(Cl)c1. The van der Waals surface area contributed by atoms with E-state index < -0.39 is 0 Å². The van der Waals surface area contributed by atoms with Gasteiger partial charge in [0.15, 0.2) is 0 Å². The van der Waals surface area contributed by atoms with Gasteiger partial charge in [-0.1, -0.05) is 35.9 Å². The quantitative estimate of drug-likeness (QED) is 0.659. The Labute approximate surface area is 125 Å². The van der Waals surface area contributed by atoms with Crippen molar-refractivity contribution in [1.82, 2.24) is 5.43 Å². The Balaban J connectivity index is 2.46. The van der Waals surface area contributed by atoms with Gasteiger partial charge in [-0.25, -0.2) is 5.43 Å². The van der Waals surface area contributed by atoms with E-state index in [1.165, 1.54) is 0 Å². The van der Waals surface area contributed by atoms with Crippen LogP contribution < -0.4 is 16.0 Å². The predicted molar refractivity (Wildman–Crippen MR) is 81.3 cm³/mol. The minimum atomic E-state index is -0.179. The number of ether oxygens (including phenoxy) is 1. The van der Waals surface area contributed by atoms with E-state index in [1.54, 1.807) is 7.11 Å². The summed E-state index contributed by atoms with van der Waals surface area (Å²) >= 11 is 9.51. The molecule has 0 aromatic heterocycles. The zero-order chi connectivity index (χ0) is 13.8. The molecule has 0 saturated carbocycles. The van der Waals surface area contributed by atoms with Gasteiger partial charge < -0.3 is 4.74 Å². The Bertz CT molecular complexity index is 577. The maximum Gasteiger partial charge on any atom is 0.124 e. The number of nitrogens with two attached hydrogens (primary N) is 1. The van der Waals surface area contributed by atoms with Crippen LogP contribution in [0.15, 0.2) is 46.9 Å². The molecule has 2 aromatic carbocycles. The first-order valence-corrected chi connectivity index (χ1v) is 6.88. The number of hydrogen-bond donors (Lipinski definition) is 2. The Kier molecular flexibility index (Phi) is 4.82. The second-order valence-corrected chi connectivity index (χ2v) is 5.28. The van der Waals surface area contributed by atoms with Crippen molar-refractivity contribution in [3.05, 3.63) is 63.1 Å². The highest BCUT2D eigenvalue weighted by Gasteiger charge is 2.17. The number of nitrogens with one attached hydrogen (secondary N) is 1. The fraction of sp³-hybridized carbons (Fsp3) is 0.143. The van der Waals surface area contributed by atoms with Gasteiger partial charge in [-0.05, 0) is 39.7 Å². The van der Waals surface area contributed by atoms with Crippen LogP contribution in [0, 0.1) is 0 Å². The van der Waals surface area contributed by atoms with Crippen LogP contribution in [0.1, 0.15) is 17.2 Å². The lowest BCUT2D eigenvalue weighted by Gasteiger charge is -2.20. The van der Waals surface area contributed by atoms with Gasteiger partial charge in [0.05, 0.1) is 18.2 Å². The first-order chi connectivity index (χ1) is 9.17. The van der Waals surface area contributed by atoms with Crippen molar-refractivity contribution < 1.29 is 4.74 Å². The molecule has 0 aliphatic heterocycles. The molecule has 0 amide bonds. The summed E-state index contributed by atoms with van der Waals surface area (Å²) in [4.78, 5) is 0. The molecule has 5 heteroatoms. The van der Waals surface area contributed by atoms with Gasteiger partial charge in [0.1, 0.15) is 5.75 Å². The maximum atomic E-state index is 6.13. The van der Waals surface area contributed by atoms with E-state index >= 15 is 0 Å². The van der Waals surface area contributed by atoms with Gasteiger partial charge in [0.2, 0.25) is 0 Å². The summed E-state index contributed by atoms with van der Waals surface area (Å²) in [6.45, 7) is 0.